The molecule has 27 heavy (non-hydrogen) atoms. The summed E-state index contributed by atoms with van der Waals surface area (Å²) in [6.45, 7) is 3.36. The molecule has 0 spiro atoms. The zero-order chi connectivity index (χ0) is 18.1. The van der Waals surface area contributed by atoms with Gasteiger partial charge in [-0.2, -0.15) is 4.31 Å². The second kappa shape index (κ2) is 8.32. The van der Waals surface area contributed by atoms with Crippen molar-refractivity contribution in [2.75, 3.05) is 26.2 Å². The van der Waals surface area contributed by atoms with E-state index in [9.17, 15) is 8.42 Å². The van der Waals surface area contributed by atoms with E-state index in [4.69, 9.17) is 10.2 Å². The molecular formula is C19H26ClN3O3S. The van der Waals surface area contributed by atoms with E-state index in [1.54, 1.807) is 12.1 Å². The Labute approximate surface area is 166 Å². The smallest absolute Gasteiger partial charge is 0.276 e. The number of nitrogens with zero attached hydrogens (tertiary/aromatic N) is 2. The molecule has 0 bridgehead atoms. The number of hydrogen-bond donors (Lipinski definition) is 1. The van der Waals surface area contributed by atoms with Crippen molar-refractivity contribution in [3.8, 4) is 0 Å². The third kappa shape index (κ3) is 4.22. The van der Waals surface area contributed by atoms with Gasteiger partial charge >= 0.3 is 0 Å². The fourth-order valence-corrected chi connectivity index (χ4v) is 5.40. The summed E-state index contributed by atoms with van der Waals surface area (Å²) in [6.07, 6.45) is 1.83. The van der Waals surface area contributed by atoms with Crippen LogP contribution < -0.4 is 5.73 Å². The van der Waals surface area contributed by atoms with Gasteiger partial charge in [-0.1, -0.05) is 30.3 Å². The molecule has 0 saturated carbocycles. The largest absolute Gasteiger partial charge is 0.447 e. The predicted octanol–water partition coefficient (Wildman–Crippen LogP) is 2.41. The normalized spacial score (nSPS) is 24.2. The second-order valence-corrected chi connectivity index (χ2v) is 9.08. The highest BCUT2D eigenvalue weighted by atomic mass is 35.5. The highest BCUT2D eigenvalue weighted by Crippen LogP contribution is 2.28. The number of furan rings is 1. The molecule has 6 nitrogen and oxygen atoms in total. The molecule has 0 radical (unpaired) electrons. The maximum absolute atomic E-state index is 12.6. The Kier molecular flexibility index (Phi) is 6.28. The van der Waals surface area contributed by atoms with Gasteiger partial charge in [0.25, 0.3) is 10.0 Å². The van der Waals surface area contributed by atoms with E-state index in [1.807, 2.05) is 18.2 Å². The minimum Gasteiger partial charge on any atom is -0.447 e. The average molecular weight is 412 g/mol. The molecule has 4 rings (SSSR count). The van der Waals surface area contributed by atoms with Gasteiger partial charge in [0.2, 0.25) is 5.09 Å². The first kappa shape index (κ1) is 20.4. The molecule has 1 aromatic carbocycles. The Hall–Kier alpha value is -1.38. The molecule has 2 aromatic rings. The molecule has 2 saturated heterocycles. The van der Waals surface area contributed by atoms with Gasteiger partial charge in [-0.3, -0.25) is 4.90 Å². The minimum atomic E-state index is -3.49. The maximum atomic E-state index is 12.6. The second-order valence-electron chi connectivity index (χ2n) is 7.21. The van der Waals surface area contributed by atoms with E-state index >= 15 is 0 Å². The summed E-state index contributed by atoms with van der Waals surface area (Å²) < 4.78 is 32.3. The van der Waals surface area contributed by atoms with Crippen molar-refractivity contribution < 1.29 is 12.8 Å². The fraction of sp³-hybridized carbons (Fsp3) is 0.474. The number of hydrogen-bond acceptors (Lipinski definition) is 5. The zero-order valence-corrected chi connectivity index (χ0v) is 16.8. The molecule has 2 aliphatic rings. The Morgan fingerprint density at radius 3 is 2.44 bits per heavy atom. The van der Waals surface area contributed by atoms with E-state index in [-0.39, 0.29) is 23.5 Å². The van der Waals surface area contributed by atoms with E-state index < -0.39 is 10.0 Å². The number of nitrogens with two attached hydrogens (primary N) is 1. The summed E-state index contributed by atoms with van der Waals surface area (Å²) in [5, 5.41) is 0.0532. The predicted molar refractivity (Wildman–Crippen MR) is 106 cm³/mol. The van der Waals surface area contributed by atoms with Gasteiger partial charge in [-0.15, -0.1) is 12.4 Å². The lowest BCUT2D eigenvalue weighted by Gasteiger charge is -2.15. The molecule has 0 unspecified atom stereocenters. The molecule has 1 aromatic heterocycles. The summed E-state index contributed by atoms with van der Waals surface area (Å²) in [6, 6.07) is 13.7. The van der Waals surface area contributed by atoms with Gasteiger partial charge in [0.05, 0.1) is 6.54 Å². The summed E-state index contributed by atoms with van der Waals surface area (Å²) >= 11 is 0. The lowest BCUT2D eigenvalue weighted by Crippen LogP contribution is -2.28. The van der Waals surface area contributed by atoms with Crippen LogP contribution in [0.3, 0.4) is 0 Å². The van der Waals surface area contributed by atoms with Gasteiger partial charge < -0.3 is 10.2 Å². The van der Waals surface area contributed by atoms with Crippen LogP contribution in [0.15, 0.2) is 52.0 Å². The number of benzene rings is 1. The first-order valence-electron chi connectivity index (χ1n) is 9.16. The quantitative estimate of drug-likeness (QED) is 0.817. The molecule has 8 heteroatoms. The van der Waals surface area contributed by atoms with Crippen LogP contribution >= 0.6 is 12.4 Å². The zero-order valence-electron chi connectivity index (χ0n) is 15.2. The van der Waals surface area contributed by atoms with E-state index in [1.165, 1.54) is 9.87 Å². The molecular weight excluding hydrogens is 386 g/mol. The Balaban J connectivity index is 0.00000210. The van der Waals surface area contributed by atoms with Crippen LogP contribution in [0, 0.1) is 0 Å². The van der Waals surface area contributed by atoms with Gasteiger partial charge in [0, 0.05) is 38.1 Å². The standard InChI is InChI=1S/C19H25N3O3S.ClH/c20-18-14-21(13-17(18)15-6-2-1-3-7-15)12-16-8-9-19(25-16)26(23,24)22-10-4-5-11-22;/h1-3,6-9,17-18H,4-5,10-14,20H2;1H/t17-,18+;/m0./s1. The lowest BCUT2D eigenvalue weighted by molar-refractivity contribution is 0.277. The van der Waals surface area contributed by atoms with E-state index in [2.05, 4.69) is 17.0 Å². The molecule has 3 heterocycles. The Morgan fingerprint density at radius 1 is 1.04 bits per heavy atom. The minimum absolute atomic E-state index is 0. The third-order valence-electron chi connectivity index (χ3n) is 5.34. The maximum Gasteiger partial charge on any atom is 0.276 e. The topological polar surface area (TPSA) is 79.8 Å². The summed E-state index contributed by atoms with van der Waals surface area (Å²) in [5.41, 5.74) is 7.59. The van der Waals surface area contributed by atoms with Crippen LogP contribution in [0.1, 0.15) is 30.1 Å². The van der Waals surface area contributed by atoms with Crippen LogP contribution in [0.25, 0.3) is 0 Å². The van der Waals surface area contributed by atoms with Crippen LogP contribution in [0.5, 0.6) is 0 Å². The van der Waals surface area contributed by atoms with Crippen LogP contribution in [0.4, 0.5) is 0 Å². The Bertz CT molecular complexity index is 850. The summed E-state index contributed by atoms with van der Waals surface area (Å²) in [4.78, 5) is 2.23. The molecule has 2 aliphatic heterocycles. The summed E-state index contributed by atoms with van der Waals surface area (Å²) in [7, 11) is -3.49. The van der Waals surface area contributed by atoms with Crippen molar-refractivity contribution in [3.63, 3.8) is 0 Å². The highest BCUT2D eigenvalue weighted by Gasteiger charge is 2.33. The SMILES string of the molecule is Cl.N[C@@H]1CN(Cc2ccc(S(=O)(=O)N3CCCC3)o2)C[C@H]1c1ccccc1. The first-order chi connectivity index (χ1) is 12.5. The van der Waals surface area contributed by atoms with Crippen molar-refractivity contribution in [2.24, 2.45) is 5.73 Å². The summed E-state index contributed by atoms with van der Waals surface area (Å²) in [5.74, 6) is 0.961. The first-order valence-corrected chi connectivity index (χ1v) is 10.6. The van der Waals surface area contributed by atoms with E-state index in [0.29, 0.717) is 31.3 Å². The molecule has 0 aliphatic carbocycles. The number of rotatable bonds is 5. The lowest BCUT2D eigenvalue weighted by atomic mass is 9.95. The molecule has 0 amide bonds. The monoisotopic (exact) mass is 411 g/mol. The van der Waals surface area contributed by atoms with E-state index in [0.717, 1.165) is 25.9 Å². The van der Waals surface area contributed by atoms with Crippen LogP contribution in [0.2, 0.25) is 0 Å². The van der Waals surface area contributed by atoms with Gasteiger partial charge in [-0.05, 0) is 30.5 Å². The highest BCUT2D eigenvalue weighted by molar-refractivity contribution is 7.89. The number of halogens is 1. The Morgan fingerprint density at radius 2 is 1.74 bits per heavy atom. The van der Waals surface area contributed by atoms with Crippen molar-refractivity contribution in [1.29, 1.82) is 0 Å². The molecule has 2 fully saturated rings. The van der Waals surface area contributed by atoms with Crippen molar-refractivity contribution in [1.82, 2.24) is 9.21 Å². The number of sulfonamides is 1. The molecule has 148 valence electrons. The van der Waals surface area contributed by atoms with Crippen LogP contribution in [-0.4, -0.2) is 49.8 Å². The van der Waals surface area contributed by atoms with Gasteiger partial charge in [-0.25, -0.2) is 8.42 Å². The molecule has 2 atom stereocenters. The van der Waals surface area contributed by atoms with Gasteiger partial charge in [0.15, 0.2) is 0 Å². The van der Waals surface area contributed by atoms with Gasteiger partial charge in [0.1, 0.15) is 5.76 Å². The number of likely N-dealkylation sites (tertiary alicyclic amines) is 1. The van der Waals surface area contributed by atoms with Crippen molar-refractivity contribution >= 4 is 22.4 Å². The fourth-order valence-electron chi connectivity index (χ4n) is 3.95. The molecule has 2 N–H and O–H groups in total. The van der Waals surface area contributed by atoms with Crippen molar-refractivity contribution in [2.45, 2.75) is 36.4 Å². The van der Waals surface area contributed by atoms with Crippen LogP contribution in [-0.2, 0) is 16.6 Å². The van der Waals surface area contributed by atoms with Crippen molar-refractivity contribution in [3.05, 3.63) is 53.8 Å². The average Bonchev–Trinajstić information content (AvgIpc) is 3.37. The third-order valence-corrected chi connectivity index (χ3v) is 7.12.